The van der Waals surface area contributed by atoms with E-state index in [1.165, 1.54) is 0 Å². The van der Waals surface area contributed by atoms with Gasteiger partial charge in [-0.1, -0.05) is 0 Å². The van der Waals surface area contributed by atoms with Crippen LogP contribution < -0.4 is 5.32 Å². The van der Waals surface area contributed by atoms with E-state index in [1.807, 2.05) is 0 Å². The predicted octanol–water partition coefficient (Wildman–Crippen LogP) is -0.663. The fourth-order valence-electron chi connectivity index (χ4n) is 1.10. The highest BCUT2D eigenvalue weighted by Gasteiger charge is 2.01. The Morgan fingerprint density at radius 3 is 3.07 bits per heavy atom. The maximum atomic E-state index is 10.5. The Balaban J connectivity index is 2.40. The third kappa shape index (κ3) is 4.16. The van der Waals surface area contributed by atoms with E-state index in [4.69, 9.17) is 10.2 Å². The highest BCUT2D eigenvalue weighted by Crippen LogP contribution is 1.98. The second-order valence-corrected chi connectivity index (χ2v) is 3.17. The summed E-state index contributed by atoms with van der Waals surface area (Å²) < 4.78 is 0. The number of pyridine rings is 1. The van der Waals surface area contributed by atoms with Gasteiger partial charge in [0.1, 0.15) is 6.29 Å². The molecule has 5 nitrogen and oxygen atoms in total. The maximum absolute atomic E-state index is 10.5. The molecule has 5 heteroatoms. The Morgan fingerprint density at radius 2 is 2.40 bits per heavy atom. The molecule has 82 valence electrons. The lowest BCUT2D eigenvalue weighted by atomic mass is 10.2. The average molecular weight is 210 g/mol. The summed E-state index contributed by atoms with van der Waals surface area (Å²) in [6.07, 6.45) is 1.55. The van der Waals surface area contributed by atoms with Crippen molar-refractivity contribution in [1.82, 2.24) is 10.3 Å². The van der Waals surface area contributed by atoms with E-state index in [0.717, 1.165) is 12.0 Å². The van der Waals surface area contributed by atoms with Gasteiger partial charge in [0.15, 0.2) is 0 Å². The van der Waals surface area contributed by atoms with Gasteiger partial charge in [0, 0.05) is 24.8 Å². The first-order valence-electron chi connectivity index (χ1n) is 4.66. The number of hydrogen-bond acceptors (Lipinski definition) is 5. The van der Waals surface area contributed by atoms with Gasteiger partial charge in [0.25, 0.3) is 0 Å². The van der Waals surface area contributed by atoms with Crippen LogP contribution in [0.25, 0.3) is 0 Å². The number of aliphatic hydroxyl groups excluding tert-OH is 2. The Hall–Kier alpha value is -1.30. The number of nitrogens with one attached hydrogen (secondary N) is 1. The van der Waals surface area contributed by atoms with Crippen LogP contribution in [0.5, 0.6) is 0 Å². The maximum Gasteiger partial charge on any atom is 0.150 e. The van der Waals surface area contributed by atoms with Crippen LogP contribution in [0.3, 0.4) is 0 Å². The molecule has 0 aliphatic carbocycles. The van der Waals surface area contributed by atoms with Crippen LogP contribution in [-0.2, 0) is 6.54 Å². The molecule has 0 aliphatic rings. The number of aldehydes is 1. The van der Waals surface area contributed by atoms with Crippen LogP contribution in [0.15, 0.2) is 18.3 Å². The molecule has 1 aromatic rings. The van der Waals surface area contributed by atoms with Gasteiger partial charge < -0.3 is 15.5 Å². The molecule has 1 atom stereocenters. The fraction of sp³-hybridized carbons (Fsp3) is 0.400. The summed E-state index contributed by atoms with van der Waals surface area (Å²) in [5.41, 5.74) is 1.30. The molecule has 1 aromatic heterocycles. The molecule has 1 heterocycles. The van der Waals surface area contributed by atoms with Gasteiger partial charge in [-0.3, -0.25) is 9.78 Å². The number of aliphatic hydroxyl groups is 2. The molecule has 1 rings (SSSR count). The van der Waals surface area contributed by atoms with Crippen LogP contribution in [-0.4, -0.2) is 40.7 Å². The molecule has 0 fully saturated rings. The summed E-state index contributed by atoms with van der Waals surface area (Å²) in [6.45, 7) is 0.483. The first-order valence-corrected chi connectivity index (χ1v) is 4.66. The zero-order valence-electron chi connectivity index (χ0n) is 8.26. The number of nitrogens with zero attached hydrogens (tertiary/aromatic N) is 1. The second-order valence-electron chi connectivity index (χ2n) is 3.17. The van der Waals surface area contributed by atoms with Crippen LogP contribution in [0, 0.1) is 0 Å². The molecular weight excluding hydrogens is 196 g/mol. The Morgan fingerprint density at radius 1 is 1.60 bits per heavy atom. The molecule has 0 saturated heterocycles. The second kappa shape index (κ2) is 6.23. The smallest absolute Gasteiger partial charge is 0.150 e. The SMILES string of the molecule is O=Cc1ccnc(CNCC(O)CO)c1. The monoisotopic (exact) mass is 210 g/mol. The topological polar surface area (TPSA) is 82.5 Å². The molecule has 0 spiro atoms. The molecule has 0 aliphatic heterocycles. The summed E-state index contributed by atoms with van der Waals surface area (Å²) in [5.74, 6) is 0. The van der Waals surface area contributed by atoms with Gasteiger partial charge in [-0.05, 0) is 12.1 Å². The number of rotatable bonds is 6. The predicted molar refractivity (Wildman–Crippen MR) is 54.4 cm³/mol. The van der Waals surface area contributed by atoms with Crippen molar-refractivity contribution in [2.24, 2.45) is 0 Å². The highest BCUT2D eigenvalue weighted by molar-refractivity contribution is 5.74. The molecule has 0 saturated carbocycles. The Bertz CT molecular complexity index is 317. The lowest BCUT2D eigenvalue weighted by Gasteiger charge is -2.08. The van der Waals surface area contributed by atoms with Gasteiger partial charge in [-0.25, -0.2) is 0 Å². The van der Waals surface area contributed by atoms with E-state index in [2.05, 4.69) is 10.3 Å². The van der Waals surface area contributed by atoms with E-state index >= 15 is 0 Å². The molecule has 3 N–H and O–H groups in total. The van der Waals surface area contributed by atoms with Gasteiger partial charge in [-0.15, -0.1) is 0 Å². The summed E-state index contributed by atoms with van der Waals surface area (Å²) in [4.78, 5) is 14.5. The molecular formula is C10H14N2O3. The zero-order chi connectivity index (χ0) is 11.1. The van der Waals surface area contributed by atoms with Crippen LogP contribution in [0.2, 0.25) is 0 Å². The average Bonchev–Trinajstić information content (AvgIpc) is 2.29. The minimum atomic E-state index is -0.765. The Labute approximate surface area is 87.8 Å². The number of aromatic nitrogens is 1. The van der Waals surface area contributed by atoms with E-state index in [9.17, 15) is 4.79 Å². The largest absolute Gasteiger partial charge is 0.394 e. The lowest BCUT2D eigenvalue weighted by molar-refractivity contribution is 0.0941. The van der Waals surface area contributed by atoms with E-state index in [-0.39, 0.29) is 6.61 Å². The molecule has 0 bridgehead atoms. The fourth-order valence-corrected chi connectivity index (χ4v) is 1.10. The van der Waals surface area contributed by atoms with Crippen molar-refractivity contribution in [3.63, 3.8) is 0 Å². The molecule has 0 aromatic carbocycles. The molecule has 1 unspecified atom stereocenters. The third-order valence-corrected chi connectivity index (χ3v) is 1.87. The lowest BCUT2D eigenvalue weighted by Crippen LogP contribution is -2.29. The van der Waals surface area contributed by atoms with E-state index in [1.54, 1.807) is 18.3 Å². The summed E-state index contributed by atoms with van der Waals surface area (Å²) >= 11 is 0. The number of carbonyl (C=O) groups excluding carboxylic acids is 1. The van der Waals surface area contributed by atoms with Gasteiger partial charge in [0.05, 0.1) is 18.4 Å². The molecule has 0 amide bonds. The van der Waals surface area contributed by atoms with Crippen molar-refractivity contribution in [2.75, 3.05) is 13.2 Å². The van der Waals surface area contributed by atoms with Crippen molar-refractivity contribution in [1.29, 1.82) is 0 Å². The van der Waals surface area contributed by atoms with Crippen molar-refractivity contribution < 1.29 is 15.0 Å². The van der Waals surface area contributed by atoms with Crippen LogP contribution >= 0.6 is 0 Å². The molecule has 0 radical (unpaired) electrons. The van der Waals surface area contributed by atoms with Crippen LogP contribution in [0.4, 0.5) is 0 Å². The van der Waals surface area contributed by atoms with Gasteiger partial charge >= 0.3 is 0 Å². The standard InChI is InChI=1S/C10H14N2O3/c13-6-8-1-2-12-9(3-8)4-11-5-10(15)7-14/h1-3,6,10-11,14-15H,4-5,7H2. The van der Waals surface area contributed by atoms with Crippen molar-refractivity contribution in [3.05, 3.63) is 29.6 Å². The zero-order valence-corrected chi connectivity index (χ0v) is 8.26. The van der Waals surface area contributed by atoms with Crippen molar-refractivity contribution >= 4 is 6.29 Å². The summed E-state index contributed by atoms with van der Waals surface area (Å²) in [6, 6.07) is 3.30. The summed E-state index contributed by atoms with van der Waals surface area (Å²) in [5, 5.41) is 20.5. The first kappa shape index (κ1) is 11.8. The van der Waals surface area contributed by atoms with Crippen molar-refractivity contribution in [3.8, 4) is 0 Å². The van der Waals surface area contributed by atoms with Crippen molar-refractivity contribution in [2.45, 2.75) is 12.6 Å². The van der Waals surface area contributed by atoms with Gasteiger partial charge in [-0.2, -0.15) is 0 Å². The minimum Gasteiger partial charge on any atom is -0.394 e. The molecule has 15 heavy (non-hydrogen) atoms. The number of hydrogen-bond donors (Lipinski definition) is 3. The minimum absolute atomic E-state index is 0.269. The summed E-state index contributed by atoms with van der Waals surface area (Å²) in [7, 11) is 0. The normalized spacial score (nSPS) is 12.4. The quantitative estimate of drug-likeness (QED) is 0.543. The highest BCUT2D eigenvalue weighted by atomic mass is 16.3. The van der Waals surface area contributed by atoms with Gasteiger partial charge in [0.2, 0.25) is 0 Å². The number of carbonyl (C=O) groups is 1. The van der Waals surface area contributed by atoms with Crippen LogP contribution in [0.1, 0.15) is 16.1 Å². The Kier molecular flexibility index (Phi) is 4.89. The first-order chi connectivity index (χ1) is 7.26. The third-order valence-electron chi connectivity index (χ3n) is 1.87. The van der Waals surface area contributed by atoms with E-state index in [0.29, 0.717) is 18.7 Å². The van der Waals surface area contributed by atoms with E-state index < -0.39 is 6.10 Å².